The number of anilines is 1. The van der Waals surface area contributed by atoms with Crippen molar-refractivity contribution in [2.45, 2.75) is 52.2 Å². The number of thiazole rings is 1. The van der Waals surface area contributed by atoms with E-state index in [0.717, 1.165) is 29.8 Å². The molecule has 0 radical (unpaired) electrons. The summed E-state index contributed by atoms with van der Waals surface area (Å²) in [5, 5.41) is 0.463. The van der Waals surface area contributed by atoms with Gasteiger partial charge >= 0.3 is 0 Å². The van der Waals surface area contributed by atoms with Crippen LogP contribution in [-0.2, 0) is 14.3 Å². The molecule has 1 fully saturated rings. The van der Waals surface area contributed by atoms with Gasteiger partial charge in [-0.3, -0.25) is 14.5 Å². The number of ether oxygens (including phenoxy) is 1. The predicted octanol–water partition coefficient (Wildman–Crippen LogP) is 4.65. The molecule has 1 aromatic carbocycles. The number of Topliss-reactive ketones (excluding diaryl/α,β-unsaturated/α-hetero) is 1. The Hall–Kier alpha value is -2.54. The van der Waals surface area contributed by atoms with E-state index in [2.05, 4.69) is 11.9 Å². The molecule has 2 aromatic rings. The first kappa shape index (κ1) is 19.4. The standard InChI is InChI=1S/C23H23FN2O3S/c1-11-8-9-17-15(10-11)20(27)18-19(14-6-4-5-7-16(14)24)26(22(28)21(18)29-17)23-25-12(2)13(3)30-23/h4-7,11,15,17,19H,8-10H2,1-3H3. The fourth-order valence-electron chi connectivity index (χ4n) is 4.82. The number of nitrogens with zero attached hydrogens (tertiary/aromatic N) is 2. The fourth-order valence-corrected chi connectivity index (χ4v) is 5.76. The van der Waals surface area contributed by atoms with Gasteiger partial charge < -0.3 is 4.74 Å². The summed E-state index contributed by atoms with van der Waals surface area (Å²) in [6.45, 7) is 5.94. The lowest BCUT2D eigenvalue weighted by Crippen LogP contribution is -2.41. The molecule has 0 saturated heterocycles. The number of hydrogen-bond acceptors (Lipinski definition) is 5. The van der Waals surface area contributed by atoms with Crippen LogP contribution in [0.15, 0.2) is 35.6 Å². The van der Waals surface area contributed by atoms with E-state index < -0.39 is 17.8 Å². The zero-order chi connectivity index (χ0) is 21.2. The molecule has 1 aromatic heterocycles. The smallest absolute Gasteiger partial charge is 0.296 e. The van der Waals surface area contributed by atoms with Crippen LogP contribution in [0.3, 0.4) is 0 Å². The Balaban J connectivity index is 1.67. The normalized spacial score (nSPS) is 28.5. The van der Waals surface area contributed by atoms with Gasteiger partial charge in [-0.2, -0.15) is 0 Å². The molecule has 7 heteroatoms. The molecule has 2 aliphatic heterocycles. The maximum absolute atomic E-state index is 14.9. The summed E-state index contributed by atoms with van der Waals surface area (Å²) < 4.78 is 21.0. The average molecular weight is 427 g/mol. The van der Waals surface area contributed by atoms with Gasteiger partial charge in [-0.15, -0.1) is 11.3 Å². The van der Waals surface area contributed by atoms with Crippen molar-refractivity contribution in [3.8, 4) is 0 Å². The number of aromatic nitrogens is 1. The van der Waals surface area contributed by atoms with Crippen LogP contribution >= 0.6 is 11.3 Å². The molecule has 4 unspecified atom stereocenters. The van der Waals surface area contributed by atoms with Crippen LogP contribution in [0, 0.1) is 31.5 Å². The van der Waals surface area contributed by atoms with Crippen molar-refractivity contribution < 1.29 is 18.7 Å². The highest BCUT2D eigenvalue weighted by Gasteiger charge is 2.54. The quantitative estimate of drug-likeness (QED) is 0.702. The van der Waals surface area contributed by atoms with Gasteiger partial charge in [0.25, 0.3) is 5.91 Å². The lowest BCUT2D eigenvalue weighted by molar-refractivity contribution is -0.132. The van der Waals surface area contributed by atoms with E-state index in [9.17, 15) is 14.0 Å². The van der Waals surface area contributed by atoms with Crippen molar-refractivity contribution in [3.63, 3.8) is 0 Å². The monoisotopic (exact) mass is 426 g/mol. The number of benzene rings is 1. The largest absolute Gasteiger partial charge is 0.483 e. The third-order valence-electron chi connectivity index (χ3n) is 6.53. The summed E-state index contributed by atoms with van der Waals surface area (Å²) in [6, 6.07) is 5.45. The Morgan fingerprint density at radius 2 is 1.97 bits per heavy atom. The van der Waals surface area contributed by atoms with Crippen molar-refractivity contribution in [2.24, 2.45) is 11.8 Å². The summed E-state index contributed by atoms with van der Waals surface area (Å²) in [5.41, 5.74) is 1.39. The highest BCUT2D eigenvalue weighted by molar-refractivity contribution is 7.15. The Morgan fingerprint density at radius 1 is 1.20 bits per heavy atom. The Labute approximate surface area is 178 Å². The van der Waals surface area contributed by atoms with E-state index in [4.69, 9.17) is 4.74 Å². The van der Waals surface area contributed by atoms with Gasteiger partial charge in [0.1, 0.15) is 18.0 Å². The fraction of sp³-hybridized carbons (Fsp3) is 0.435. The van der Waals surface area contributed by atoms with Crippen molar-refractivity contribution in [2.75, 3.05) is 4.90 Å². The van der Waals surface area contributed by atoms with Crippen LogP contribution in [0.25, 0.3) is 0 Å². The minimum absolute atomic E-state index is 0.0783. The van der Waals surface area contributed by atoms with Crippen molar-refractivity contribution >= 4 is 28.2 Å². The maximum Gasteiger partial charge on any atom is 0.296 e. The second-order valence-electron chi connectivity index (χ2n) is 8.53. The van der Waals surface area contributed by atoms with Gasteiger partial charge in [-0.05, 0) is 45.1 Å². The number of carbonyl (C=O) groups is 2. The van der Waals surface area contributed by atoms with E-state index in [0.29, 0.717) is 16.6 Å². The molecule has 5 rings (SSSR count). The van der Waals surface area contributed by atoms with Crippen molar-refractivity contribution in [3.05, 3.63) is 57.5 Å². The molecule has 0 bridgehead atoms. The Kier molecular flexibility index (Phi) is 4.54. The van der Waals surface area contributed by atoms with Crippen molar-refractivity contribution in [1.29, 1.82) is 0 Å². The highest BCUT2D eigenvalue weighted by atomic mass is 32.1. The van der Waals surface area contributed by atoms with Crippen LogP contribution < -0.4 is 4.90 Å². The second-order valence-corrected chi connectivity index (χ2v) is 9.71. The van der Waals surface area contributed by atoms with Crippen molar-refractivity contribution in [1.82, 2.24) is 4.98 Å². The summed E-state index contributed by atoms with van der Waals surface area (Å²) in [4.78, 5) is 34.1. The van der Waals surface area contributed by atoms with Crippen LogP contribution in [0.5, 0.6) is 0 Å². The molecule has 1 aliphatic carbocycles. The molecule has 3 aliphatic rings. The van der Waals surface area contributed by atoms with Gasteiger partial charge in [-0.25, -0.2) is 9.37 Å². The minimum Gasteiger partial charge on any atom is -0.483 e. The molecule has 5 nitrogen and oxygen atoms in total. The third kappa shape index (κ3) is 2.82. The molecule has 0 spiro atoms. The molecule has 156 valence electrons. The molecule has 4 atom stereocenters. The average Bonchev–Trinajstić information content (AvgIpc) is 3.19. The first-order valence-corrected chi connectivity index (χ1v) is 11.2. The summed E-state index contributed by atoms with van der Waals surface area (Å²) in [7, 11) is 0. The van der Waals surface area contributed by atoms with Gasteiger partial charge in [0, 0.05) is 10.4 Å². The van der Waals surface area contributed by atoms with E-state index in [1.54, 1.807) is 18.2 Å². The van der Waals surface area contributed by atoms with E-state index in [-0.39, 0.29) is 29.1 Å². The topological polar surface area (TPSA) is 59.5 Å². The van der Waals surface area contributed by atoms with E-state index in [1.807, 2.05) is 13.8 Å². The molecular formula is C23H23FN2O3S. The highest BCUT2D eigenvalue weighted by Crippen LogP contribution is 2.50. The molecule has 30 heavy (non-hydrogen) atoms. The number of rotatable bonds is 2. The van der Waals surface area contributed by atoms with Gasteiger partial charge in [0.05, 0.1) is 17.2 Å². The first-order chi connectivity index (χ1) is 14.4. The van der Waals surface area contributed by atoms with Crippen LogP contribution in [0.1, 0.15) is 48.4 Å². The second kappa shape index (κ2) is 7.01. The molecule has 0 N–H and O–H groups in total. The lowest BCUT2D eigenvalue weighted by Gasteiger charge is -2.37. The minimum atomic E-state index is -0.857. The summed E-state index contributed by atoms with van der Waals surface area (Å²) >= 11 is 1.37. The van der Waals surface area contributed by atoms with E-state index >= 15 is 0 Å². The number of carbonyl (C=O) groups excluding carboxylic acids is 2. The molecule has 1 saturated carbocycles. The number of fused-ring (bicyclic) bond motifs is 1. The summed E-state index contributed by atoms with van der Waals surface area (Å²) in [5.74, 6) is -0.723. The number of hydrogen-bond donors (Lipinski definition) is 0. The Bertz CT molecular complexity index is 1070. The zero-order valence-electron chi connectivity index (χ0n) is 17.1. The maximum atomic E-state index is 14.9. The first-order valence-electron chi connectivity index (χ1n) is 10.3. The number of aryl methyl sites for hydroxylation is 2. The van der Waals surface area contributed by atoms with Crippen LogP contribution in [0.4, 0.5) is 9.52 Å². The SMILES string of the molecule is Cc1nc(N2C(=O)C3=C(C(=O)C4CC(C)CCC4O3)C2c2ccccc2F)sc1C. The molecule has 1 amide bonds. The van der Waals surface area contributed by atoms with Crippen LogP contribution in [0.2, 0.25) is 0 Å². The molecular weight excluding hydrogens is 403 g/mol. The lowest BCUT2D eigenvalue weighted by atomic mass is 9.74. The Morgan fingerprint density at radius 3 is 2.67 bits per heavy atom. The molecule has 3 heterocycles. The zero-order valence-corrected chi connectivity index (χ0v) is 18.0. The number of amides is 1. The number of halogens is 1. The summed E-state index contributed by atoms with van der Waals surface area (Å²) in [6.07, 6.45) is 2.17. The number of ketones is 1. The van der Waals surface area contributed by atoms with Gasteiger partial charge in [0.15, 0.2) is 16.7 Å². The predicted molar refractivity (Wildman–Crippen MR) is 112 cm³/mol. The van der Waals surface area contributed by atoms with E-state index in [1.165, 1.54) is 22.3 Å². The third-order valence-corrected chi connectivity index (χ3v) is 7.61. The van der Waals surface area contributed by atoms with Gasteiger partial charge in [0.2, 0.25) is 0 Å². The van der Waals surface area contributed by atoms with Crippen LogP contribution in [-0.4, -0.2) is 22.8 Å². The van der Waals surface area contributed by atoms with Gasteiger partial charge in [-0.1, -0.05) is 25.1 Å².